The van der Waals surface area contributed by atoms with E-state index in [0.29, 0.717) is 13.1 Å². The molecule has 7 N–H and O–H groups in total. The van der Waals surface area contributed by atoms with Crippen LogP contribution in [0.2, 0.25) is 0 Å². The highest BCUT2D eigenvalue weighted by molar-refractivity contribution is 6.23. The highest BCUT2D eigenvalue weighted by atomic mass is 16.7. The molecule has 0 unspecified atom stereocenters. The number of likely N-dealkylation sites (N-methyl/N-ethyl adjacent to an activating group) is 1. The number of carbonyl (C=O) groups is 2. The van der Waals surface area contributed by atoms with E-state index in [1.807, 2.05) is 20.9 Å². The van der Waals surface area contributed by atoms with Crippen molar-refractivity contribution in [2.75, 3.05) is 38.5 Å². The van der Waals surface area contributed by atoms with E-state index in [-0.39, 0.29) is 56.3 Å². The van der Waals surface area contributed by atoms with E-state index in [2.05, 4.69) is 15.3 Å². The van der Waals surface area contributed by atoms with Crippen LogP contribution in [0.25, 0.3) is 10.8 Å². The average molecular weight is 765 g/mol. The molecule has 14 heteroatoms. The third kappa shape index (κ3) is 7.91. The fourth-order valence-corrected chi connectivity index (χ4v) is 7.40. The summed E-state index contributed by atoms with van der Waals surface area (Å²) in [6.07, 6.45) is 6.06. The van der Waals surface area contributed by atoms with Crippen LogP contribution in [0.15, 0.2) is 41.2 Å². The van der Waals surface area contributed by atoms with E-state index in [4.69, 9.17) is 9.47 Å². The van der Waals surface area contributed by atoms with E-state index >= 15 is 0 Å². The molecule has 55 heavy (non-hydrogen) atoms. The number of fused-ring (bicyclic) bond motifs is 14. The predicted octanol–water partition coefficient (Wildman–Crippen LogP) is 4.39. The van der Waals surface area contributed by atoms with E-state index in [0.717, 1.165) is 13.1 Å². The minimum atomic E-state index is -1.95. The number of rotatable bonds is 2. The maximum absolute atomic E-state index is 14.3. The summed E-state index contributed by atoms with van der Waals surface area (Å²) in [5.41, 5.74) is -0.203. The number of nitrogens with zero attached hydrogens (tertiary/aromatic N) is 3. The number of hydrogen-bond donors (Lipinski definition) is 7. The lowest BCUT2D eigenvalue weighted by molar-refractivity contribution is -0.112. The quantitative estimate of drug-likeness (QED) is 0.129. The Balaban J connectivity index is 1.69. The normalized spacial score (nSPS) is 33.7. The lowest BCUT2D eigenvalue weighted by atomic mass is 9.77. The third-order valence-electron chi connectivity index (χ3n) is 11.8. The number of ether oxygens (including phenoxy) is 2. The maximum atomic E-state index is 14.3. The van der Waals surface area contributed by atoms with Gasteiger partial charge in [0.1, 0.15) is 17.2 Å². The van der Waals surface area contributed by atoms with Gasteiger partial charge in [0.15, 0.2) is 5.75 Å². The number of anilines is 1. The lowest BCUT2D eigenvalue weighted by Gasteiger charge is -2.35. The van der Waals surface area contributed by atoms with Gasteiger partial charge in [-0.1, -0.05) is 52.8 Å². The van der Waals surface area contributed by atoms with E-state index in [9.17, 15) is 40.2 Å². The summed E-state index contributed by atoms with van der Waals surface area (Å²) >= 11 is 0. The number of allylic oxidation sites excluding steroid dienone is 3. The van der Waals surface area contributed by atoms with Crippen molar-refractivity contribution in [2.24, 2.45) is 34.7 Å². The monoisotopic (exact) mass is 764 g/mol. The molecule has 0 spiro atoms. The average Bonchev–Trinajstić information content (AvgIpc) is 3.42. The molecule has 4 heterocycles. The molecular weight excluding hydrogens is 708 g/mol. The number of ketones is 1. The van der Waals surface area contributed by atoms with Crippen LogP contribution in [0.1, 0.15) is 70.0 Å². The van der Waals surface area contributed by atoms with Crippen LogP contribution in [-0.2, 0) is 9.53 Å². The van der Waals surface area contributed by atoms with Crippen LogP contribution < -0.4 is 10.1 Å². The summed E-state index contributed by atoms with van der Waals surface area (Å²) in [6, 6.07) is 0. The number of Topliss-reactive ketones (excluding diaryl/α,β-unsaturated/α-hetero) is 1. The molecule has 0 aliphatic carbocycles. The van der Waals surface area contributed by atoms with Gasteiger partial charge in [0.2, 0.25) is 0 Å². The SMILES string of the molecule is C/C1=C/C=C/[C@H](C)[C@H](O)[C@@H](C)[C@@H](O)[C@@H](C)[C@H](O)[C@H](C)[C@@H](C)/C=C/O[C@@]2(C)Oc3c(C)c(O)c4c(O)c(c(/C=N/N5CCN(C)CC5)c(O)c4c3C2=O)NC1=O. The molecule has 300 valence electrons. The fraction of sp³-hybridized carbons (Fsp3) is 0.537. The molecule has 4 aliphatic heterocycles. The minimum Gasteiger partial charge on any atom is -0.507 e. The van der Waals surface area contributed by atoms with Crippen LogP contribution in [-0.4, -0.2) is 116 Å². The zero-order valence-corrected chi connectivity index (χ0v) is 33.1. The van der Waals surface area contributed by atoms with Gasteiger partial charge in [-0.3, -0.25) is 14.6 Å². The molecule has 2 aromatic rings. The van der Waals surface area contributed by atoms with Crippen molar-refractivity contribution < 1.29 is 49.7 Å². The van der Waals surface area contributed by atoms with Gasteiger partial charge in [-0.25, -0.2) is 0 Å². The second kappa shape index (κ2) is 16.2. The first-order chi connectivity index (χ1) is 25.8. The van der Waals surface area contributed by atoms with Crippen molar-refractivity contribution in [1.29, 1.82) is 0 Å². The number of phenols is 3. The molecule has 1 fully saturated rings. The highest BCUT2D eigenvalue weighted by Crippen LogP contribution is 2.55. The number of phenolic OH excluding ortho intramolecular Hbond substituents is 3. The molecule has 1 amide bonds. The van der Waals surface area contributed by atoms with Crippen LogP contribution in [0, 0.1) is 36.5 Å². The number of carbonyl (C=O) groups excluding carboxylic acids is 2. The Morgan fingerprint density at radius 2 is 1.45 bits per heavy atom. The number of hydrogen-bond acceptors (Lipinski definition) is 13. The smallest absolute Gasteiger partial charge is 0.312 e. The summed E-state index contributed by atoms with van der Waals surface area (Å²) < 4.78 is 12.0. The number of amides is 1. The van der Waals surface area contributed by atoms with Gasteiger partial charge in [-0.05, 0) is 38.8 Å². The third-order valence-corrected chi connectivity index (χ3v) is 11.8. The van der Waals surface area contributed by atoms with E-state index in [1.165, 1.54) is 39.3 Å². The van der Waals surface area contributed by atoms with Crippen LogP contribution in [0.4, 0.5) is 5.69 Å². The molecular formula is C41H56N4O10. The van der Waals surface area contributed by atoms with Crippen LogP contribution >= 0.6 is 0 Å². The fourth-order valence-electron chi connectivity index (χ4n) is 7.40. The summed E-state index contributed by atoms with van der Waals surface area (Å²) in [6.45, 7) is 15.9. The van der Waals surface area contributed by atoms with Crippen molar-refractivity contribution in [3.63, 3.8) is 0 Å². The second-order valence-corrected chi connectivity index (χ2v) is 15.7. The first-order valence-electron chi connectivity index (χ1n) is 18.8. The van der Waals surface area contributed by atoms with Crippen LogP contribution in [0.3, 0.4) is 0 Å². The molecule has 14 nitrogen and oxygen atoms in total. The van der Waals surface area contributed by atoms with Gasteiger partial charge in [0, 0.05) is 67.4 Å². The largest absolute Gasteiger partial charge is 0.507 e. The Morgan fingerprint density at radius 1 is 0.836 bits per heavy atom. The number of hydrazone groups is 1. The van der Waals surface area contributed by atoms with Gasteiger partial charge in [-0.15, -0.1) is 0 Å². The minimum absolute atomic E-state index is 0.0550. The van der Waals surface area contributed by atoms with Crippen molar-refractivity contribution >= 4 is 34.4 Å². The Hall–Kier alpha value is -4.63. The number of piperazine rings is 1. The van der Waals surface area contributed by atoms with Crippen molar-refractivity contribution in [3.05, 3.63) is 52.8 Å². The van der Waals surface area contributed by atoms with Gasteiger partial charge >= 0.3 is 5.79 Å². The Kier molecular flexibility index (Phi) is 12.3. The number of aliphatic hydroxyl groups is 3. The first kappa shape index (κ1) is 41.5. The zero-order valence-electron chi connectivity index (χ0n) is 33.1. The number of benzene rings is 2. The molecule has 2 aromatic carbocycles. The summed E-state index contributed by atoms with van der Waals surface area (Å²) in [7, 11) is 1.99. The summed E-state index contributed by atoms with van der Waals surface area (Å²) in [5.74, 6) is -7.36. The van der Waals surface area contributed by atoms with Crippen LogP contribution in [0.5, 0.6) is 23.0 Å². The molecule has 5 bridgehead atoms. The Morgan fingerprint density at radius 3 is 2.11 bits per heavy atom. The molecule has 9 atom stereocenters. The maximum Gasteiger partial charge on any atom is 0.312 e. The Labute approximate surface area is 322 Å². The van der Waals surface area contributed by atoms with E-state index < -0.39 is 70.8 Å². The first-order valence-corrected chi connectivity index (χ1v) is 18.8. The highest BCUT2D eigenvalue weighted by Gasteiger charge is 2.49. The van der Waals surface area contributed by atoms with Gasteiger partial charge in [0.25, 0.3) is 11.7 Å². The zero-order chi connectivity index (χ0) is 40.7. The molecule has 0 radical (unpaired) electrons. The van der Waals surface area contributed by atoms with E-state index in [1.54, 1.807) is 44.0 Å². The lowest BCUT2D eigenvalue weighted by Crippen LogP contribution is -2.43. The molecule has 0 aromatic heterocycles. The predicted molar refractivity (Wildman–Crippen MR) is 209 cm³/mol. The van der Waals surface area contributed by atoms with Crippen molar-refractivity contribution in [3.8, 4) is 23.0 Å². The van der Waals surface area contributed by atoms with Crippen molar-refractivity contribution in [2.45, 2.75) is 79.5 Å². The summed E-state index contributed by atoms with van der Waals surface area (Å²) in [4.78, 5) is 30.1. The summed E-state index contributed by atoms with van der Waals surface area (Å²) in [5, 5.41) is 77.5. The van der Waals surface area contributed by atoms with Gasteiger partial charge in [0.05, 0.1) is 53.0 Å². The molecule has 1 saturated heterocycles. The molecule has 0 saturated carbocycles. The van der Waals surface area contributed by atoms with Gasteiger partial charge in [-0.2, -0.15) is 5.10 Å². The van der Waals surface area contributed by atoms with Crippen molar-refractivity contribution in [1.82, 2.24) is 9.91 Å². The number of nitrogens with one attached hydrogen (secondary N) is 1. The standard InChI is InChI=1S/C41H56N4O10/c1-20-13-18-54-41(8)39(52)30-28-29(35(49)26(7)38(30)55-41)37(51)31(27(36(28)50)19-42-45-16-14-44(9)15-17-45)43-40(53)22(3)12-10-11-21(2)32(46)24(5)34(48)25(6)33(47)23(20)4/h10-13,18-21,23-25,32-34,46-51H,14-17H2,1-9H3,(H,43,53)/b11-10+,18-13+,22-12-,42-19+/t20-,21-,23+,24+,25-,32-,33+,34+,41-/m0/s1. The van der Waals surface area contributed by atoms with Gasteiger partial charge < -0.3 is 50.3 Å². The topological polar surface area (TPSA) is 205 Å². The second-order valence-electron chi connectivity index (χ2n) is 15.7. The molecule has 4 aliphatic rings. The number of aliphatic hydroxyl groups excluding tert-OH is 3. The Bertz CT molecular complexity index is 1930. The molecule has 6 rings (SSSR count). The number of aromatic hydroxyl groups is 3.